The molecular formula is C27H33Cl2N5O2. The number of hydrogen-bond acceptors (Lipinski definition) is 3. The van der Waals surface area contributed by atoms with Crippen molar-refractivity contribution in [2.75, 3.05) is 23.7 Å². The molecule has 2 N–H and O–H groups in total. The molecule has 2 aromatic carbocycles. The van der Waals surface area contributed by atoms with Crippen molar-refractivity contribution >= 4 is 46.6 Å². The number of halogens is 2. The first-order chi connectivity index (χ1) is 16.9. The topological polar surface area (TPSA) is 79.3 Å². The molecule has 0 unspecified atom stereocenters. The summed E-state index contributed by atoms with van der Waals surface area (Å²) in [5.74, 6) is 0.567. The molecule has 3 aromatic rings. The summed E-state index contributed by atoms with van der Waals surface area (Å²) in [6.45, 7) is 10.6. The van der Waals surface area contributed by atoms with Crippen molar-refractivity contribution in [2.24, 2.45) is 5.92 Å². The lowest BCUT2D eigenvalue weighted by molar-refractivity contribution is -0.116. The fraction of sp³-hybridized carbons (Fsp3) is 0.370. The van der Waals surface area contributed by atoms with Crippen LogP contribution in [0.2, 0.25) is 10.0 Å². The van der Waals surface area contributed by atoms with Gasteiger partial charge in [0.15, 0.2) is 0 Å². The summed E-state index contributed by atoms with van der Waals surface area (Å²) in [5.41, 5.74) is 1.93. The molecule has 0 atom stereocenters. The van der Waals surface area contributed by atoms with E-state index in [-0.39, 0.29) is 23.9 Å². The second-order valence-corrected chi connectivity index (χ2v) is 11.0. The van der Waals surface area contributed by atoms with E-state index in [1.54, 1.807) is 41.1 Å². The molecule has 0 fully saturated rings. The second-order valence-electron chi connectivity index (χ2n) is 10.1. The van der Waals surface area contributed by atoms with Crippen LogP contribution in [0.5, 0.6) is 0 Å². The molecule has 0 aliphatic rings. The third kappa shape index (κ3) is 7.73. The number of nitrogens with zero attached hydrogens (tertiary/aromatic N) is 3. The molecule has 9 heteroatoms. The van der Waals surface area contributed by atoms with Crippen LogP contribution in [0.3, 0.4) is 0 Å². The number of rotatable bonds is 8. The second kappa shape index (κ2) is 11.8. The molecule has 3 amide bonds. The first-order valence-corrected chi connectivity index (χ1v) is 12.7. The van der Waals surface area contributed by atoms with Gasteiger partial charge >= 0.3 is 6.03 Å². The largest absolute Gasteiger partial charge is 0.322 e. The molecule has 0 bridgehead atoms. The lowest BCUT2D eigenvalue weighted by atomic mass is 9.92. The lowest BCUT2D eigenvalue weighted by Gasteiger charge is -2.23. The van der Waals surface area contributed by atoms with Gasteiger partial charge in [-0.2, -0.15) is 5.10 Å². The summed E-state index contributed by atoms with van der Waals surface area (Å²) in [6, 6.07) is 15.6. The van der Waals surface area contributed by atoms with Gasteiger partial charge in [-0.15, -0.1) is 0 Å². The third-order valence-electron chi connectivity index (χ3n) is 5.49. The summed E-state index contributed by atoms with van der Waals surface area (Å²) in [6.07, 6.45) is 0.757. The van der Waals surface area contributed by atoms with E-state index >= 15 is 0 Å². The minimum atomic E-state index is -0.366. The van der Waals surface area contributed by atoms with E-state index in [0.29, 0.717) is 34.0 Å². The smallest absolute Gasteiger partial charge is 0.315 e. The fourth-order valence-corrected chi connectivity index (χ4v) is 3.72. The van der Waals surface area contributed by atoms with Gasteiger partial charge in [0.1, 0.15) is 12.4 Å². The Bertz CT molecular complexity index is 1200. The molecule has 0 saturated heterocycles. The molecule has 36 heavy (non-hydrogen) atoms. The molecule has 192 valence electrons. The number of hydrogen-bond donors (Lipinski definition) is 2. The maximum Gasteiger partial charge on any atom is 0.322 e. The van der Waals surface area contributed by atoms with Crippen molar-refractivity contribution in [3.05, 3.63) is 70.3 Å². The van der Waals surface area contributed by atoms with E-state index in [1.807, 2.05) is 18.2 Å². The Hall–Kier alpha value is -3.03. The number of anilines is 2. The van der Waals surface area contributed by atoms with E-state index in [1.165, 1.54) is 4.90 Å². The van der Waals surface area contributed by atoms with Gasteiger partial charge in [-0.25, -0.2) is 9.48 Å². The van der Waals surface area contributed by atoms with Crippen LogP contribution in [0.25, 0.3) is 5.69 Å². The average molecular weight is 531 g/mol. The van der Waals surface area contributed by atoms with Gasteiger partial charge in [-0.3, -0.25) is 4.79 Å². The standard InChI is InChI=1S/C27H33Cl2N5O2/c1-18(2)13-14-33(26(36)30-21-8-6-7-20(29)15-21)17-25(35)31-24-16-23(27(3,4)5)32-34(24)22-11-9-19(28)10-12-22/h6-12,15-16,18H,13-14,17H2,1-5H3,(H,30,36)(H,31,35). The minimum Gasteiger partial charge on any atom is -0.315 e. The van der Waals surface area contributed by atoms with Gasteiger partial charge in [-0.1, -0.05) is 63.9 Å². The fourth-order valence-electron chi connectivity index (χ4n) is 3.41. The van der Waals surface area contributed by atoms with Gasteiger partial charge in [0.05, 0.1) is 11.4 Å². The monoisotopic (exact) mass is 529 g/mol. The number of aromatic nitrogens is 2. The van der Waals surface area contributed by atoms with E-state index in [2.05, 4.69) is 45.3 Å². The number of carbonyl (C=O) groups is 2. The zero-order valence-corrected chi connectivity index (χ0v) is 22.8. The van der Waals surface area contributed by atoms with Gasteiger partial charge in [0.2, 0.25) is 5.91 Å². The summed E-state index contributed by atoms with van der Waals surface area (Å²) >= 11 is 12.1. The van der Waals surface area contributed by atoms with E-state index in [4.69, 9.17) is 28.3 Å². The highest BCUT2D eigenvalue weighted by molar-refractivity contribution is 6.31. The Kier molecular flexibility index (Phi) is 9.03. The van der Waals surface area contributed by atoms with Crippen LogP contribution < -0.4 is 10.6 Å². The Balaban J connectivity index is 1.81. The van der Waals surface area contributed by atoms with E-state index < -0.39 is 0 Å². The summed E-state index contributed by atoms with van der Waals surface area (Å²) in [5, 5.41) is 11.6. The Labute approximate surface area is 222 Å². The SMILES string of the molecule is CC(C)CCN(CC(=O)Nc1cc(C(C)(C)C)nn1-c1ccc(Cl)cc1)C(=O)Nc1cccc(Cl)c1. The molecule has 0 saturated carbocycles. The molecule has 7 nitrogen and oxygen atoms in total. The zero-order valence-electron chi connectivity index (χ0n) is 21.3. The van der Waals surface area contributed by atoms with Crippen molar-refractivity contribution in [3.8, 4) is 5.69 Å². The van der Waals surface area contributed by atoms with Crippen molar-refractivity contribution in [3.63, 3.8) is 0 Å². The van der Waals surface area contributed by atoms with Gasteiger partial charge in [0.25, 0.3) is 0 Å². The third-order valence-corrected chi connectivity index (χ3v) is 5.98. The molecule has 1 aromatic heterocycles. The summed E-state index contributed by atoms with van der Waals surface area (Å²) in [7, 11) is 0. The molecule has 0 aliphatic heterocycles. The Morgan fingerprint density at radius 2 is 1.69 bits per heavy atom. The molecule has 3 rings (SSSR count). The molecule has 0 radical (unpaired) electrons. The lowest BCUT2D eigenvalue weighted by Crippen LogP contribution is -2.41. The van der Waals surface area contributed by atoms with Gasteiger partial charge in [-0.05, 0) is 54.8 Å². The predicted octanol–water partition coefficient (Wildman–Crippen LogP) is 7.00. The van der Waals surface area contributed by atoms with Crippen LogP contribution in [0.15, 0.2) is 54.6 Å². The van der Waals surface area contributed by atoms with E-state index in [9.17, 15) is 9.59 Å². The van der Waals surface area contributed by atoms with Crippen LogP contribution in [-0.4, -0.2) is 39.7 Å². The number of urea groups is 1. The first kappa shape index (κ1) is 27.6. The molecule has 1 heterocycles. The highest BCUT2D eigenvalue weighted by Crippen LogP contribution is 2.27. The van der Waals surface area contributed by atoms with Crippen molar-refractivity contribution in [2.45, 2.75) is 46.5 Å². The minimum absolute atomic E-state index is 0.115. The molecule has 0 spiro atoms. The van der Waals surface area contributed by atoms with Crippen molar-refractivity contribution in [1.82, 2.24) is 14.7 Å². The number of benzene rings is 2. The Morgan fingerprint density at radius 3 is 2.31 bits per heavy atom. The highest BCUT2D eigenvalue weighted by Gasteiger charge is 2.23. The Morgan fingerprint density at radius 1 is 1.00 bits per heavy atom. The highest BCUT2D eigenvalue weighted by atomic mass is 35.5. The average Bonchev–Trinajstić information content (AvgIpc) is 3.21. The number of nitrogens with one attached hydrogen (secondary N) is 2. The zero-order chi connectivity index (χ0) is 26.5. The number of amides is 3. The predicted molar refractivity (Wildman–Crippen MR) is 147 cm³/mol. The maximum atomic E-state index is 13.2. The summed E-state index contributed by atoms with van der Waals surface area (Å²) in [4.78, 5) is 27.7. The summed E-state index contributed by atoms with van der Waals surface area (Å²) < 4.78 is 1.68. The van der Waals surface area contributed by atoms with Crippen molar-refractivity contribution < 1.29 is 9.59 Å². The van der Waals surface area contributed by atoms with Gasteiger partial charge in [0, 0.05) is 33.8 Å². The van der Waals surface area contributed by atoms with Crippen LogP contribution >= 0.6 is 23.2 Å². The van der Waals surface area contributed by atoms with Crippen LogP contribution in [0.1, 0.15) is 46.7 Å². The maximum absolute atomic E-state index is 13.2. The first-order valence-electron chi connectivity index (χ1n) is 11.9. The van der Waals surface area contributed by atoms with E-state index in [0.717, 1.165) is 17.8 Å². The number of carbonyl (C=O) groups excluding carboxylic acids is 2. The van der Waals surface area contributed by atoms with Crippen molar-refractivity contribution in [1.29, 1.82) is 0 Å². The quantitative estimate of drug-likeness (QED) is 0.329. The van der Waals surface area contributed by atoms with Crippen LogP contribution in [0, 0.1) is 5.92 Å². The van der Waals surface area contributed by atoms with Crippen LogP contribution in [-0.2, 0) is 10.2 Å². The van der Waals surface area contributed by atoms with Crippen LogP contribution in [0.4, 0.5) is 16.3 Å². The normalized spacial score (nSPS) is 11.4. The van der Waals surface area contributed by atoms with Gasteiger partial charge < -0.3 is 15.5 Å². The molecule has 0 aliphatic carbocycles. The molecular weight excluding hydrogens is 497 g/mol.